The van der Waals surface area contributed by atoms with Crippen LogP contribution in [-0.2, 0) is 0 Å². The molecule has 0 radical (unpaired) electrons. The molecule has 2 amide bonds. The van der Waals surface area contributed by atoms with Crippen LogP contribution in [0.15, 0.2) is 24.3 Å². The average Bonchev–Trinajstić information content (AvgIpc) is 2.42. The summed E-state index contributed by atoms with van der Waals surface area (Å²) in [5.41, 5.74) is 1.29. The first kappa shape index (κ1) is 14.7. The Bertz CT molecular complexity index is 466. The third-order valence-corrected chi connectivity index (χ3v) is 3.37. The van der Waals surface area contributed by atoms with Gasteiger partial charge in [-0.15, -0.1) is 0 Å². The van der Waals surface area contributed by atoms with Gasteiger partial charge in [0.1, 0.15) is 5.75 Å². The molecule has 1 aliphatic heterocycles. The van der Waals surface area contributed by atoms with E-state index in [1.165, 1.54) is 5.56 Å². The van der Waals surface area contributed by atoms with Crippen LogP contribution in [0, 0.1) is 5.41 Å². The van der Waals surface area contributed by atoms with Gasteiger partial charge in [0, 0.05) is 19.0 Å². The largest absolute Gasteiger partial charge is 0.493 e. The highest BCUT2D eigenvalue weighted by Crippen LogP contribution is 2.32. The predicted octanol–water partition coefficient (Wildman–Crippen LogP) is 2.90. The number of carbonyl (C=O) groups excluding carboxylic acids is 1. The van der Waals surface area contributed by atoms with Gasteiger partial charge in [0.2, 0.25) is 0 Å². The number of carbonyl (C=O) groups is 1. The van der Waals surface area contributed by atoms with Crippen molar-refractivity contribution in [2.75, 3.05) is 19.7 Å². The van der Waals surface area contributed by atoms with E-state index in [0.29, 0.717) is 25.6 Å². The van der Waals surface area contributed by atoms with Gasteiger partial charge in [-0.3, -0.25) is 0 Å². The molecule has 0 saturated carbocycles. The summed E-state index contributed by atoms with van der Waals surface area (Å²) in [7, 11) is 0. The number of hydrogen-bond donors (Lipinski definition) is 2. The summed E-state index contributed by atoms with van der Waals surface area (Å²) in [4.78, 5) is 11.8. The summed E-state index contributed by atoms with van der Waals surface area (Å²) in [6.07, 6.45) is 0.941. The van der Waals surface area contributed by atoms with Crippen LogP contribution in [0.25, 0.3) is 0 Å². The number of nitrogens with one attached hydrogen (secondary N) is 2. The second-order valence-corrected chi connectivity index (χ2v) is 6.50. The second kappa shape index (κ2) is 6.16. The zero-order valence-corrected chi connectivity index (χ0v) is 12.5. The van der Waals surface area contributed by atoms with Crippen LogP contribution in [-0.4, -0.2) is 25.7 Å². The van der Waals surface area contributed by atoms with E-state index in [4.69, 9.17) is 4.74 Å². The highest BCUT2D eigenvalue weighted by atomic mass is 16.5. The van der Waals surface area contributed by atoms with E-state index in [-0.39, 0.29) is 11.4 Å². The van der Waals surface area contributed by atoms with Crippen LogP contribution < -0.4 is 15.4 Å². The minimum atomic E-state index is -0.0936. The fourth-order valence-electron chi connectivity index (χ4n) is 2.25. The van der Waals surface area contributed by atoms with E-state index in [0.717, 1.165) is 12.2 Å². The topological polar surface area (TPSA) is 50.4 Å². The van der Waals surface area contributed by atoms with Crippen molar-refractivity contribution >= 4 is 6.03 Å². The Kier molecular flexibility index (Phi) is 4.53. The number of amides is 2. The lowest BCUT2D eigenvalue weighted by Gasteiger charge is -2.26. The number of ether oxygens (including phenoxy) is 1. The molecule has 2 rings (SSSR count). The minimum Gasteiger partial charge on any atom is -0.493 e. The van der Waals surface area contributed by atoms with E-state index in [1.807, 2.05) is 18.2 Å². The van der Waals surface area contributed by atoms with Gasteiger partial charge < -0.3 is 15.4 Å². The van der Waals surface area contributed by atoms with E-state index in [9.17, 15) is 4.79 Å². The van der Waals surface area contributed by atoms with Crippen molar-refractivity contribution in [3.8, 4) is 5.75 Å². The smallest absolute Gasteiger partial charge is 0.314 e. The maximum atomic E-state index is 11.8. The standard InChI is InChI=1S/C16H24N2O2/c1-16(2,3)11-18-15(19)17-10-12-8-9-20-14-7-5-4-6-13(12)14/h4-7,12H,8-11H2,1-3H3,(H2,17,18,19). The van der Waals surface area contributed by atoms with Crippen molar-refractivity contribution in [2.24, 2.45) is 5.41 Å². The van der Waals surface area contributed by atoms with Gasteiger partial charge in [-0.25, -0.2) is 4.79 Å². The van der Waals surface area contributed by atoms with E-state index in [1.54, 1.807) is 0 Å². The molecule has 0 bridgehead atoms. The van der Waals surface area contributed by atoms with E-state index in [2.05, 4.69) is 37.5 Å². The normalized spacial score (nSPS) is 17.9. The zero-order chi connectivity index (χ0) is 14.6. The quantitative estimate of drug-likeness (QED) is 0.892. The zero-order valence-electron chi connectivity index (χ0n) is 12.5. The first-order valence-electron chi connectivity index (χ1n) is 7.19. The summed E-state index contributed by atoms with van der Waals surface area (Å²) >= 11 is 0. The lowest BCUT2D eigenvalue weighted by Crippen LogP contribution is -2.41. The molecule has 1 aromatic carbocycles. The highest BCUT2D eigenvalue weighted by Gasteiger charge is 2.21. The average molecular weight is 276 g/mol. The maximum absolute atomic E-state index is 11.8. The Balaban J connectivity index is 1.85. The molecule has 4 nitrogen and oxygen atoms in total. The van der Waals surface area contributed by atoms with Crippen LogP contribution in [0.3, 0.4) is 0 Å². The monoisotopic (exact) mass is 276 g/mol. The second-order valence-electron chi connectivity index (χ2n) is 6.50. The Morgan fingerprint density at radius 2 is 2.05 bits per heavy atom. The van der Waals surface area contributed by atoms with Crippen molar-refractivity contribution < 1.29 is 9.53 Å². The van der Waals surface area contributed by atoms with E-state index < -0.39 is 0 Å². The van der Waals surface area contributed by atoms with Crippen molar-refractivity contribution in [3.63, 3.8) is 0 Å². The molecule has 20 heavy (non-hydrogen) atoms. The van der Waals surface area contributed by atoms with Crippen molar-refractivity contribution in [1.29, 1.82) is 0 Å². The summed E-state index contributed by atoms with van der Waals surface area (Å²) in [6.45, 7) is 8.33. The molecule has 0 aliphatic carbocycles. The van der Waals surface area contributed by atoms with Gasteiger partial charge in [0.25, 0.3) is 0 Å². The molecule has 4 heteroatoms. The minimum absolute atomic E-state index is 0.0936. The SMILES string of the molecule is CC(C)(C)CNC(=O)NCC1CCOc2ccccc21. The van der Waals surface area contributed by atoms with Crippen molar-refractivity contribution in [2.45, 2.75) is 33.1 Å². The molecule has 0 saturated heterocycles. The fraction of sp³-hybridized carbons (Fsp3) is 0.562. The molecule has 1 atom stereocenters. The third-order valence-electron chi connectivity index (χ3n) is 3.37. The number of urea groups is 1. The lowest BCUT2D eigenvalue weighted by atomic mass is 9.93. The Labute approximate surface area is 120 Å². The molecule has 1 aliphatic rings. The molecule has 0 aromatic heterocycles. The van der Waals surface area contributed by atoms with Crippen molar-refractivity contribution in [1.82, 2.24) is 10.6 Å². The fourth-order valence-corrected chi connectivity index (χ4v) is 2.25. The van der Waals surface area contributed by atoms with Crippen LogP contribution in [0.1, 0.15) is 38.7 Å². The van der Waals surface area contributed by atoms with Crippen molar-refractivity contribution in [3.05, 3.63) is 29.8 Å². The number of benzene rings is 1. The first-order chi connectivity index (χ1) is 9.46. The molecule has 1 heterocycles. The molecule has 1 unspecified atom stereocenters. The Hall–Kier alpha value is -1.71. The van der Waals surface area contributed by atoms with E-state index >= 15 is 0 Å². The van der Waals surface area contributed by atoms with Crippen LogP contribution >= 0.6 is 0 Å². The summed E-state index contributed by atoms with van der Waals surface area (Å²) in [5, 5.41) is 5.87. The molecular formula is C16H24N2O2. The maximum Gasteiger partial charge on any atom is 0.314 e. The summed E-state index contributed by atoms with van der Waals surface area (Å²) in [6, 6.07) is 7.96. The Morgan fingerprint density at radius 1 is 1.30 bits per heavy atom. The number of para-hydroxylation sites is 1. The molecule has 0 spiro atoms. The lowest BCUT2D eigenvalue weighted by molar-refractivity contribution is 0.231. The van der Waals surface area contributed by atoms with Crippen LogP contribution in [0.2, 0.25) is 0 Å². The number of hydrogen-bond acceptors (Lipinski definition) is 2. The summed E-state index contributed by atoms with van der Waals surface area (Å²) < 4.78 is 5.62. The number of fused-ring (bicyclic) bond motifs is 1. The van der Waals surface area contributed by atoms with Gasteiger partial charge in [-0.2, -0.15) is 0 Å². The molecule has 0 fully saturated rings. The van der Waals surface area contributed by atoms with Gasteiger partial charge in [-0.1, -0.05) is 39.0 Å². The van der Waals surface area contributed by atoms with Gasteiger partial charge in [-0.05, 0) is 23.5 Å². The first-order valence-corrected chi connectivity index (χ1v) is 7.19. The van der Waals surface area contributed by atoms with Gasteiger partial charge >= 0.3 is 6.03 Å². The highest BCUT2D eigenvalue weighted by molar-refractivity contribution is 5.73. The molecule has 110 valence electrons. The predicted molar refractivity (Wildman–Crippen MR) is 80.2 cm³/mol. The summed E-state index contributed by atoms with van der Waals surface area (Å²) in [5.74, 6) is 1.28. The third kappa shape index (κ3) is 4.15. The van der Waals surface area contributed by atoms with Crippen LogP contribution in [0.5, 0.6) is 5.75 Å². The molecule has 1 aromatic rings. The Morgan fingerprint density at radius 3 is 2.80 bits per heavy atom. The van der Waals surface area contributed by atoms with Gasteiger partial charge in [0.05, 0.1) is 6.61 Å². The molecule has 2 N–H and O–H groups in total. The molecular weight excluding hydrogens is 252 g/mol. The number of rotatable bonds is 3. The van der Waals surface area contributed by atoms with Gasteiger partial charge in [0.15, 0.2) is 0 Å². The van der Waals surface area contributed by atoms with Crippen LogP contribution in [0.4, 0.5) is 4.79 Å².